The first-order valence-electron chi connectivity index (χ1n) is 9.13. The van der Waals surface area contributed by atoms with Crippen LogP contribution in [0.1, 0.15) is 5.56 Å². The summed E-state index contributed by atoms with van der Waals surface area (Å²) in [6.07, 6.45) is 0.321. The Labute approximate surface area is 174 Å². The summed E-state index contributed by atoms with van der Waals surface area (Å²) in [7, 11) is 1.59. The number of anilines is 2. The van der Waals surface area contributed by atoms with Gasteiger partial charge in [0.25, 0.3) is 0 Å². The van der Waals surface area contributed by atoms with Crippen molar-refractivity contribution in [2.24, 2.45) is 0 Å². The molecule has 148 valence electrons. The molecule has 0 aromatic heterocycles. The van der Waals surface area contributed by atoms with Gasteiger partial charge >= 0.3 is 0 Å². The second-order valence-electron chi connectivity index (χ2n) is 6.31. The molecule has 3 aromatic carbocycles. The van der Waals surface area contributed by atoms with Crippen LogP contribution >= 0.6 is 11.8 Å². The Balaban J connectivity index is 1.51. The zero-order valence-electron chi connectivity index (χ0n) is 16.1. The summed E-state index contributed by atoms with van der Waals surface area (Å²) in [6.45, 7) is 0. The van der Waals surface area contributed by atoms with Gasteiger partial charge in [0, 0.05) is 22.3 Å². The number of ether oxygens (including phenoxy) is 1. The molecule has 0 aliphatic heterocycles. The summed E-state index contributed by atoms with van der Waals surface area (Å²) in [5.41, 5.74) is 2.37. The molecule has 6 heteroatoms. The van der Waals surface area contributed by atoms with E-state index in [0.29, 0.717) is 23.5 Å². The number of hydrogen-bond acceptors (Lipinski definition) is 4. The molecule has 0 heterocycles. The third-order valence-electron chi connectivity index (χ3n) is 4.05. The van der Waals surface area contributed by atoms with E-state index in [2.05, 4.69) is 10.6 Å². The number of amides is 2. The minimum absolute atomic E-state index is 0.0749. The third-order valence-corrected chi connectivity index (χ3v) is 5.04. The van der Waals surface area contributed by atoms with Crippen LogP contribution in [0.25, 0.3) is 0 Å². The standard InChI is InChI=1S/C23H22N2O3S/c1-28-20-11-5-9-18(14-20)25-23(27)16-29-21-12-6-10-19(15-21)24-22(26)13-17-7-3-2-4-8-17/h2-12,14-15H,13,16H2,1H3,(H,24,26)(H,25,27). The van der Waals surface area contributed by atoms with E-state index in [1.807, 2.05) is 72.8 Å². The van der Waals surface area contributed by atoms with Crippen molar-refractivity contribution in [1.29, 1.82) is 0 Å². The molecule has 3 aromatic rings. The number of rotatable bonds is 8. The van der Waals surface area contributed by atoms with Crippen LogP contribution in [0.2, 0.25) is 0 Å². The first kappa shape index (κ1) is 20.5. The quantitative estimate of drug-likeness (QED) is 0.536. The molecular formula is C23H22N2O3S. The van der Waals surface area contributed by atoms with Crippen LogP contribution < -0.4 is 15.4 Å². The number of thioether (sulfide) groups is 1. The Bertz CT molecular complexity index is 977. The lowest BCUT2D eigenvalue weighted by Crippen LogP contribution is -2.15. The fourth-order valence-electron chi connectivity index (χ4n) is 2.70. The highest BCUT2D eigenvalue weighted by Gasteiger charge is 2.07. The summed E-state index contributed by atoms with van der Waals surface area (Å²) in [6, 6.07) is 24.3. The number of hydrogen-bond donors (Lipinski definition) is 2. The second-order valence-corrected chi connectivity index (χ2v) is 7.36. The highest BCUT2D eigenvalue weighted by molar-refractivity contribution is 8.00. The predicted octanol–water partition coefficient (Wildman–Crippen LogP) is 4.61. The van der Waals surface area contributed by atoms with Crippen molar-refractivity contribution in [2.45, 2.75) is 11.3 Å². The first-order valence-corrected chi connectivity index (χ1v) is 10.1. The summed E-state index contributed by atoms with van der Waals surface area (Å²) < 4.78 is 5.16. The van der Waals surface area contributed by atoms with Gasteiger partial charge in [-0.25, -0.2) is 0 Å². The van der Waals surface area contributed by atoms with Crippen LogP contribution in [0.5, 0.6) is 5.75 Å². The summed E-state index contributed by atoms with van der Waals surface area (Å²) in [5, 5.41) is 5.76. The average molecular weight is 407 g/mol. The van der Waals surface area contributed by atoms with Crippen molar-refractivity contribution in [2.75, 3.05) is 23.5 Å². The van der Waals surface area contributed by atoms with Gasteiger partial charge in [0.05, 0.1) is 19.3 Å². The minimum atomic E-state index is -0.109. The van der Waals surface area contributed by atoms with Crippen LogP contribution in [-0.2, 0) is 16.0 Å². The monoisotopic (exact) mass is 406 g/mol. The van der Waals surface area contributed by atoms with E-state index >= 15 is 0 Å². The van der Waals surface area contributed by atoms with Crippen molar-refractivity contribution in [3.8, 4) is 5.75 Å². The number of nitrogens with one attached hydrogen (secondary N) is 2. The average Bonchev–Trinajstić information content (AvgIpc) is 2.73. The molecule has 0 saturated carbocycles. The van der Waals surface area contributed by atoms with Gasteiger partial charge in [-0.1, -0.05) is 42.5 Å². The fourth-order valence-corrected chi connectivity index (χ4v) is 3.45. The van der Waals surface area contributed by atoms with Crippen LogP contribution in [0.3, 0.4) is 0 Å². The normalized spacial score (nSPS) is 10.2. The SMILES string of the molecule is COc1cccc(NC(=O)CSc2cccc(NC(=O)Cc3ccccc3)c2)c1. The van der Waals surface area contributed by atoms with Crippen molar-refractivity contribution in [3.63, 3.8) is 0 Å². The van der Waals surface area contributed by atoms with Crippen molar-refractivity contribution >= 4 is 35.0 Å². The number of methoxy groups -OCH3 is 1. The first-order chi connectivity index (χ1) is 14.1. The maximum atomic E-state index is 12.2. The zero-order valence-corrected chi connectivity index (χ0v) is 16.9. The molecule has 2 amide bonds. The number of carbonyl (C=O) groups excluding carboxylic acids is 2. The maximum absolute atomic E-state index is 12.2. The molecule has 29 heavy (non-hydrogen) atoms. The van der Waals surface area contributed by atoms with Crippen LogP contribution in [-0.4, -0.2) is 24.7 Å². The Kier molecular flexibility index (Phi) is 7.30. The van der Waals surface area contributed by atoms with Crippen LogP contribution in [0.4, 0.5) is 11.4 Å². The fraction of sp³-hybridized carbons (Fsp3) is 0.130. The van der Waals surface area contributed by atoms with Crippen molar-refractivity contribution in [3.05, 3.63) is 84.4 Å². The minimum Gasteiger partial charge on any atom is -0.497 e. The summed E-state index contributed by atoms with van der Waals surface area (Å²) >= 11 is 1.41. The molecular weight excluding hydrogens is 384 g/mol. The number of carbonyl (C=O) groups is 2. The largest absolute Gasteiger partial charge is 0.497 e. The zero-order chi connectivity index (χ0) is 20.5. The molecule has 0 unspecified atom stereocenters. The van der Waals surface area contributed by atoms with Gasteiger partial charge in [-0.2, -0.15) is 0 Å². The van der Waals surface area contributed by atoms with Gasteiger partial charge in [-0.3, -0.25) is 9.59 Å². The van der Waals surface area contributed by atoms with Gasteiger partial charge < -0.3 is 15.4 Å². The molecule has 0 bridgehead atoms. The molecule has 0 spiro atoms. The lowest BCUT2D eigenvalue weighted by molar-refractivity contribution is -0.115. The van der Waals surface area contributed by atoms with E-state index in [0.717, 1.165) is 10.5 Å². The molecule has 5 nitrogen and oxygen atoms in total. The highest BCUT2D eigenvalue weighted by Crippen LogP contribution is 2.23. The highest BCUT2D eigenvalue weighted by atomic mass is 32.2. The lowest BCUT2D eigenvalue weighted by Gasteiger charge is -2.09. The van der Waals surface area contributed by atoms with E-state index < -0.39 is 0 Å². The Morgan fingerprint density at radius 3 is 2.28 bits per heavy atom. The van der Waals surface area contributed by atoms with E-state index in [4.69, 9.17) is 4.74 Å². The van der Waals surface area contributed by atoms with Crippen LogP contribution in [0.15, 0.2) is 83.8 Å². The summed E-state index contributed by atoms with van der Waals surface area (Å²) in [4.78, 5) is 25.3. The molecule has 0 saturated heterocycles. The van der Waals surface area contributed by atoms with Crippen molar-refractivity contribution < 1.29 is 14.3 Å². The van der Waals surface area contributed by atoms with Gasteiger partial charge in [0.15, 0.2) is 0 Å². The molecule has 0 fully saturated rings. The maximum Gasteiger partial charge on any atom is 0.234 e. The summed E-state index contributed by atoms with van der Waals surface area (Å²) in [5.74, 6) is 0.767. The lowest BCUT2D eigenvalue weighted by atomic mass is 10.1. The Morgan fingerprint density at radius 1 is 0.828 bits per heavy atom. The predicted molar refractivity (Wildman–Crippen MR) is 118 cm³/mol. The molecule has 3 rings (SSSR count). The van der Waals surface area contributed by atoms with E-state index in [-0.39, 0.29) is 17.6 Å². The molecule has 0 radical (unpaired) electrons. The van der Waals surface area contributed by atoms with Gasteiger partial charge in [-0.15, -0.1) is 11.8 Å². The van der Waals surface area contributed by atoms with E-state index in [1.165, 1.54) is 11.8 Å². The molecule has 2 N–H and O–H groups in total. The molecule has 0 aliphatic carbocycles. The molecule has 0 atom stereocenters. The molecule has 0 aliphatic rings. The number of benzene rings is 3. The van der Waals surface area contributed by atoms with Gasteiger partial charge in [0.2, 0.25) is 11.8 Å². The smallest absolute Gasteiger partial charge is 0.234 e. The van der Waals surface area contributed by atoms with Crippen molar-refractivity contribution in [1.82, 2.24) is 0 Å². The van der Waals surface area contributed by atoms with E-state index in [9.17, 15) is 9.59 Å². The van der Waals surface area contributed by atoms with Gasteiger partial charge in [-0.05, 0) is 35.9 Å². The second kappa shape index (κ2) is 10.3. The van der Waals surface area contributed by atoms with E-state index in [1.54, 1.807) is 13.2 Å². The topological polar surface area (TPSA) is 67.4 Å². The third kappa shape index (κ3) is 6.69. The Hall–Kier alpha value is -3.25. The van der Waals surface area contributed by atoms with Crippen LogP contribution in [0, 0.1) is 0 Å². The Morgan fingerprint density at radius 2 is 1.52 bits per heavy atom. The van der Waals surface area contributed by atoms with Gasteiger partial charge in [0.1, 0.15) is 5.75 Å².